The van der Waals surface area contributed by atoms with E-state index in [1.165, 1.54) is 6.07 Å². The molecule has 104 valence electrons. The standard InChI is InChI=1S/C16H16FNO2/c17-13-7-3-4-8-14(13)20-15-12-6-2-1-5-11(12)9-16(15,19)10-18/h1-8,15,19H,9-10,18H2/t15-,16+/m1/s1. The van der Waals surface area contributed by atoms with Crippen LogP contribution >= 0.6 is 0 Å². The third-order valence-electron chi connectivity index (χ3n) is 3.76. The molecule has 0 saturated carbocycles. The lowest BCUT2D eigenvalue weighted by Crippen LogP contribution is -2.44. The molecule has 3 rings (SSSR count). The van der Waals surface area contributed by atoms with Crippen LogP contribution in [0.1, 0.15) is 17.2 Å². The zero-order valence-electron chi connectivity index (χ0n) is 10.9. The summed E-state index contributed by atoms with van der Waals surface area (Å²) in [6.45, 7) is 0.0563. The number of rotatable bonds is 3. The molecule has 0 radical (unpaired) electrons. The van der Waals surface area contributed by atoms with E-state index in [4.69, 9.17) is 10.5 Å². The highest BCUT2D eigenvalue weighted by Gasteiger charge is 2.45. The first-order valence-electron chi connectivity index (χ1n) is 6.55. The van der Waals surface area contributed by atoms with Crippen molar-refractivity contribution >= 4 is 0 Å². The van der Waals surface area contributed by atoms with Crippen LogP contribution in [0, 0.1) is 5.82 Å². The van der Waals surface area contributed by atoms with Crippen molar-refractivity contribution in [3.63, 3.8) is 0 Å². The Kier molecular flexibility index (Phi) is 3.20. The molecule has 20 heavy (non-hydrogen) atoms. The number of hydrogen-bond donors (Lipinski definition) is 2. The lowest BCUT2D eigenvalue weighted by molar-refractivity contribution is -0.0450. The zero-order chi connectivity index (χ0) is 14.2. The first kappa shape index (κ1) is 13.1. The molecule has 4 heteroatoms. The number of aliphatic hydroxyl groups is 1. The first-order valence-corrected chi connectivity index (χ1v) is 6.55. The van der Waals surface area contributed by atoms with Crippen LogP contribution in [0.15, 0.2) is 48.5 Å². The van der Waals surface area contributed by atoms with Gasteiger partial charge >= 0.3 is 0 Å². The maximum Gasteiger partial charge on any atom is 0.165 e. The molecule has 1 aliphatic carbocycles. The predicted octanol–water partition coefficient (Wildman–Crippen LogP) is 2.19. The van der Waals surface area contributed by atoms with Gasteiger partial charge in [-0.25, -0.2) is 4.39 Å². The summed E-state index contributed by atoms with van der Waals surface area (Å²) in [7, 11) is 0. The van der Waals surface area contributed by atoms with Gasteiger partial charge in [0, 0.05) is 13.0 Å². The molecule has 0 heterocycles. The summed E-state index contributed by atoms with van der Waals surface area (Å²) in [5, 5.41) is 10.7. The van der Waals surface area contributed by atoms with Crippen LogP contribution in [0.2, 0.25) is 0 Å². The Morgan fingerprint density at radius 1 is 1.20 bits per heavy atom. The number of benzene rings is 2. The van der Waals surface area contributed by atoms with Gasteiger partial charge in [0.25, 0.3) is 0 Å². The van der Waals surface area contributed by atoms with Crippen LogP contribution in [0.5, 0.6) is 5.75 Å². The molecule has 0 fully saturated rings. The number of nitrogens with two attached hydrogens (primary N) is 1. The second-order valence-electron chi connectivity index (χ2n) is 5.11. The summed E-state index contributed by atoms with van der Waals surface area (Å²) in [6.07, 6.45) is -0.237. The van der Waals surface area contributed by atoms with E-state index in [0.29, 0.717) is 6.42 Å². The van der Waals surface area contributed by atoms with E-state index in [0.717, 1.165) is 11.1 Å². The van der Waals surface area contributed by atoms with Crippen molar-refractivity contribution in [2.24, 2.45) is 5.73 Å². The molecule has 0 amide bonds. The van der Waals surface area contributed by atoms with Gasteiger partial charge in [-0.2, -0.15) is 0 Å². The van der Waals surface area contributed by atoms with Crippen molar-refractivity contribution in [1.29, 1.82) is 0 Å². The highest BCUT2D eigenvalue weighted by Crippen LogP contribution is 2.42. The Hall–Kier alpha value is -1.91. The van der Waals surface area contributed by atoms with Gasteiger partial charge in [0.05, 0.1) is 0 Å². The summed E-state index contributed by atoms with van der Waals surface area (Å²) in [5.41, 5.74) is 6.36. The lowest BCUT2D eigenvalue weighted by Gasteiger charge is -2.29. The van der Waals surface area contributed by atoms with Crippen LogP contribution in [0.25, 0.3) is 0 Å². The van der Waals surface area contributed by atoms with Gasteiger partial charge in [-0.1, -0.05) is 36.4 Å². The molecule has 3 N–H and O–H groups in total. The fraction of sp³-hybridized carbons (Fsp3) is 0.250. The predicted molar refractivity (Wildman–Crippen MR) is 73.9 cm³/mol. The minimum atomic E-state index is -1.20. The molecule has 0 unspecified atom stereocenters. The van der Waals surface area contributed by atoms with Crippen molar-refractivity contribution in [2.75, 3.05) is 6.54 Å². The first-order chi connectivity index (χ1) is 9.64. The summed E-state index contributed by atoms with van der Waals surface area (Å²) < 4.78 is 19.5. The van der Waals surface area contributed by atoms with Gasteiger partial charge in [0.2, 0.25) is 0 Å². The third-order valence-corrected chi connectivity index (χ3v) is 3.76. The number of halogens is 1. The summed E-state index contributed by atoms with van der Waals surface area (Å²) >= 11 is 0. The Morgan fingerprint density at radius 2 is 1.90 bits per heavy atom. The Balaban J connectivity index is 2.00. The zero-order valence-corrected chi connectivity index (χ0v) is 10.9. The molecule has 0 aromatic heterocycles. The highest BCUT2D eigenvalue weighted by molar-refractivity contribution is 5.40. The van der Waals surface area contributed by atoms with Crippen LogP contribution < -0.4 is 10.5 Å². The van der Waals surface area contributed by atoms with E-state index < -0.39 is 17.5 Å². The number of hydrogen-bond acceptors (Lipinski definition) is 3. The SMILES string of the molecule is NC[C@@]1(O)Cc2ccccc2[C@H]1Oc1ccccc1F. The van der Waals surface area contributed by atoms with Crippen molar-refractivity contribution < 1.29 is 14.2 Å². The quantitative estimate of drug-likeness (QED) is 0.901. The molecule has 0 bridgehead atoms. The van der Waals surface area contributed by atoms with E-state index in [2.05, 4.69) is 0 Å². The molecule has 2 aromatic rings. The van der Waals surface area contributed by atoms with Gasteiger partial charge in [0.1, 0.15) is 5.60 Å². The smallest absolute Gasteiger partial charge is 0.165 e. The van der Waals surface area contributed by atoms with E-state index in [1.54, 1.807) is 18.2 Å². The lowest BCUT2D eigenvalue weighted by atomic mass is 9.97. The average Bonchev–Trinajstić information content (AvgIpc) is 2.75. The van der Waals surface area contributed by atoms with Gasteiger partial charge in [-0.15, -0.1) is 0 Å². The highest BCUT2D eigenvalue weighted by atomic mass is 19.1. The molecule has 3 nitrogen and oxygen atoms in total. The van der Waals surface area contributed by atoms with Crippen molar-refractivity contribution in [2.45, 2.75) is 18.1 Å². The molecular weight excluding hydrogens is 257 g/mol. The molecule has 0 saturated heterocycles. The largest absolute Gasteiger partial charge is 0.480 e. The van der Waals surface area contributed by atoms with Crippen LogP contribution in [0.4, 0.5) is 4.39 Å². The second kappa shape index (κ2) is 4.89. The Morgan fingerprint density at radius 3 is 2.65 bits per heavy atom. The monoisotopic (exact) mass is 273 g/mol. The van der Waals surface area contributed by atoms with E-state index >= 15 is 0 Å². The van der Waals surface area contributed by atoms with Crippen LogP contribution in [0.3, 0.4) is 0 Å². The van der Waals surface area contributed by atoms with Gasteiger partial charge in [-0.05, 0) is 23.3 Å². The normalized spacial score (nSPS) is 24.4. The van der Waals surface area contributed by atoms with E-state index in [1.807, 2.05) is 24.3 Å². The van der Waals surface area contributed by atoms with E-state index in [-0.39, 0.29) is 12.3 Å². The third kappa shape index (κ3) is 2.07. The number of fused-ring (bicyclic) bond motifs is 1. The number of ether oxygens (including phenoxy) is 1. The van der Waals surface area contributed by atoms with Gasteiger partial charge in [-0.3, -0.25) is 0 Å². The Labute approximate surface area is 116 Å². The molecular formula is C16H16FNO2. The fourth-order valence-corrected chi connectivity index (χ4v) is 2.68. The molecule has 2 atom stereocenters. The second-order valence-corrected chi connectivity index (χ2v) is 5.11. The molecule has 0 spiro atoms. The van der Waals surface area contributed by atoms with Crippen molar-refractivity contribution in [1.82, 2.24) is 0 Å². The average molecular weight is 273 g/mol. The molecule has 1 aliphatic rings. The number of para-hydroxylation sites is 1. The van der Waals surface area contributed by atoms with Crippen molar-refractivity contribution in [3.8, 4) is 5.75 Å². The minimum Gasteiger partial charge on any atom is -0.480 e. The van der Waals surface area contributed by atoms with Gasteiger partial charge in [0.15, 0.2) is 17.7 Å². The van der Waals surface area contributed by atoms with E-state index in [9.17, 15) is 9.50 Å². The minimum absolute atomic E-state index is 0.0563. The maximum absolute atomic E-state index is 13.7. The Bertz CT molecular complexity index is 631. The van der Waals surface area contributed by atoms with Crippen LogP contribution in [-0.4, -0.2) is 17.3 Å². The summed E-state index contributed by atoms with van der Waals surface area (Å²) in [5.74, 6) is -0.322. The van der Waals surface area contributed by atoms with Crippen LogP contribution in [-0.2, 0) is 6.42 Å². The molecule has 2 aromatic carbocycles. The van der Waals surface area contributed by atoms with Gasteiger partial charge < -0.3 is 15.6 Å². The summed E-state index contributed by atoms with van der Waals surface area (Å²) in [6, 6.07) is 13.8. The maximum atomic E-state index is 13.7. The molecule has 0 aliphatic heterocycles. The van der Waals surface area contributed by atoms with Crippen molar-refractivity contribution in [3.05, 3.63) is 65.5 Å². The topological polar surface area (TPSA) is 55.5 Å². The fourth-order valence-electron chi connectivity index (χ4n) is 2.68. The summed E-state index contributed by atoms with van der Waals surface area (Å²) in [4.78, 5) is 0.